The number of hydrogen-bond acceptors (Lipinski definition) is 4. The van der Waals surface area contributed by atoms with E-state index in [1.54, 1.807) is 12.1 Å². The van der Waals surface area contributed by atoms with Crippen LogP contribution in [0.4, 0.5) is 10.1 Å². The number of piperidine rings is 2. The van der Waals surface area contributed by atoms with Crippen molar-refractivity contribution in [3.63, 3.8) is 0 Å². The number of hydrogen-bond donors (Lipinski definition) is 1. The Morgan fingerprint density at radius 2 is 1.63 bits per heavy atom. The molecule has 6 rings (SSSR count). The molecule has 38 heavy (non-hydrogen) atoms. The quantitative estimate of drug-likeness (QED) is 0.525. The van der Waals surface area contributed by atoms with Crippen LogP contribution in [0.5, 0.6) is 0 Å². The molecule has 196 valence electrons. The van der Waals surface area contributed by atoms with Gasteiger partial charge in [0.2, 0.25) is 0 Å². The Bertz CT molecular complexity index is 1330. The Balaban J connectivity index is 1.08. The second-order valence-corrected chi connectivity index (χ2v) is 10.9. The lowest BCUT2D eigenvalue weighted by Crippen LogP contribution is -2.48. The van der Waals surface area contributed by atoms with Gasteiger partial charge in [-0.1, -0.05) is 18.2 Å². The average Bonchev–Trinajstić information content (AvgIpc) is 3.36. The van der Waals surface area contributed by atoms with Crippen LogP contribution < -0.4 is 10.2 Å². The van der Waals surface area contributed by atoms with Crippen molar-refractivity contribution in [2.24, 2.45) is 5.41 Å². The molecule has 1 aliphatic carbocycles. The minimum atomic E-state index is -0.530. The molecule has 1 aromatic heterocycles. The highest BCUT2D eigenvalue weighted by atomic mass is 19.1. The van der Waals surface area contributed by atoms with Crippen molar-refractivity contribution in [2.45, 2.75) is 44.6 Å². The maximum atomic E-state index is 14.1. The van der Waals surface area contributed by atoms with Gasteiger partial charge in [0.15, 0.2) is 0 Å². The molecule has 0 bridgehead atoms. The first-order chi connectivity index (χ1) is 18.5. The lowest BCUT2D eigenvalue weighted by molar-refractivity contribution is 0.0515. The lowest BCUT2D eigenvalue weighted by Gasteiger charge is -2.47. The lowest BCUT2D eigenvalue weighted by atomic mass is 9.71. The number of benzene rings is 2. The van der Waals surface area contributed by atoms with Crippen LogP contribution in [-0.2, 0) is 6.42 Å². The molecule has 0 radical (unpaired) electrons. The first-order valence-electron chi connectivity index (χ1n) is 13.6. The van der Waals surface area contributed by atoms with Gasteiger partial charge in [0.1, 0.15) is 5.82 Å². The number of likely N-dealkylation sites (tertiary alicyclic amines) is 1. The standard InChI is InChI=1S/C31H33FN4O2/c32-27-4-2-1-3-25(27)29(37)34-28-8-7-22-5-6-23(21-26(22)28)30(38)36-19-13-31(14-20-36)11-17-35(18-12-31)24-9-15-33-16-10-24/h1-6,9-10,15-16,21,28H,7-8,11-14,17-20H2,(H,34,37)/t28-/m1/s1. The number of halogens is 1. The number of nitrogens with zero attached hydrogens (tertiary/aromatic N) is 3. The highest BCUT2D eigenvalue weighted by Gasteiger charge is 2.39. The highest BCUT2D eigenvalue weighted by molar-refractivity contribution is 5.96. The number of fused-ring (bicyclic) bond motifs is 1. The summed E-state index contributed by atoms with van der Waals surface area (Å²) in [6.07, 6.45) is 9.65. The molecule has 6 nitrogen and oxygen atoms in total. The normalized spacial score (nSPS) is 20.3. The van der Waals surface area contributed by atoms with Gasteiger partial charge in [0.05, 0.1) is 11.6 Å². The SMILES string of the molecule is O=C(N[C@@H]1CCc2ccc(C(=O)N3CCC4(CC3)CCN(c3ccncc3)CC4)cc21)c1ccccc1F. The second kappa shape index (κ2) is 10.2. The summed E-state index contributed by atoms with van der Waals surface area (Å²) in [4.78, 5) is 34.8. The number of aromatic nitrogens is 1. The van der Waals surface area contributed by atoms with Gasteiger partial charge in [-0.3, -0.25) is 14.6 Å². The van der Waals surface area contributed by atoms with E-state index in [2.05, 4.69) is 27.3 Å². The maximum Gasteiger partial charge on any atom is 0.254 e. The van der Waals surface area contributed by atoms with Crippen molar-refractivity contribution >= 4 is 17.5 Å². The first-order valence-corrected chi connectivity index (χ1v) is 13.6. The zero-order valence-corrected chi connectivity index (χ0v) is 21.5. The summed E-state index contributed by atoms with van der Waals surface area (Å²) in [5, 5.41) is 2.98. The molecule has 2 saturated heterocycles. The van der Waals surface area contributed by atoms with E-state index < -0.39 is 11.7 Å². The zero-order valence-electron chi connectivity index (χ0n) is 21.5. The summed E-state index contributed by atoms with van der Waals surface area (Å²) in [5.41, 5.74) is 4.38. The summed E-state index contributed by atoms with van der Waals surface area (Å²) < 4.78 is 14.1. The number of nitrogens with one attached hydrogen (secondary N) is 1. The Labute approximate surface area is 222 Å². The van der Waals surface area contributed by atoms with Crippen LogP contribution in [0.25, 0.3) is 0 Å². The zero-order chi connectivity index (χ0) is 26.1. The largest absolute Gasteiger partial charge is 0.371 e. The van der Waals surface area contributed by atoms with Crippen molar-refractivity contribution in [3.8, 4) is 0 Å². The highest BCUT2D eigenvalue weighted by Crippen LogP contribution is 2.42. The summed E-state index contributed by atoms with van der Waals surface area (Å²) in [6, 6.07) is 15.8. The van der Waals surface area contributed by atoms with E-state index in [-0.39, 0.29) is 17.5 Å². The minimum absolute atomic E-state index is 0.0436. The number of amides is 2. The van der Waals surface area contributed by atoms with Gasteiger partial charge in [-0.2, -0.15) is 0 Å². The van der Waals surface area contributed by atoms with Crippen molar-refractivity contribution in [1.29, 1.82) is 0 Å². The Hall–Kier alpha value is -3.74. The van der Waals surface area contributed by atoms with Crippen molar-refractivity contribution < 1.29 is 14.0 Å². The molecule has 3 aromatic rings. The van der Waals surface area contributed by atoms with Gasteiger partial charge in [0, 0.05) is 49.8 Å². The molecular formula is C31H33FN4O2. The van der Waals surface area contributed by atoms with Crippen LogP contribution in [-0.4, -0.2) is 47.9 Å². The molecule has 2 aliphatic heterocycles. The van der Waals surface area contributed by atoms with Crippen LogP contribution in [0, 0.1) is 11.2 Å². The number of carbonyl (C=O) groups is 2. The number of anilines is 1. The molecule has 2 aromatic carbocycles. The Morgan fingerprint density at radius 1 is 0.921 bits per heavy atom. The smallest absolute Gasteiger partial charge is 0.254 e. The fraction of sp³-hybridized carbons (Fsp3) is 0.387. The van der Waals surface area contributed by atoms with E-state index in [1.165, 1.54) is 17.8 Å². The van der Waals surface area contributed by atoms with Gasteiger partial charge < -0.3 is 15.1 Å². The summed E-state index contributed by atoms with van der Waals surface area (Å²) in [5.74, 6) is -0.894. The average molecular weight is 513 g/mol. The van der Waals surface area contributed by atoms with E-state index in [9.17, 15) is 14.0 Å². The van der Waals surface area contributed by atoms with Crippen LogP contribution in [0.1, 0.15) is 70.0 Å². The predicted octanol–water partition coefficient (Wildman–Crippen LogP) is 5.16. The molecule has 0 unspecified atom stereocenters. The monoisotopic (exact) mass is 512 g/mol. The topological polar surface area (TPSA) is 65.5 Å². The molecule has 1 N–H and O–H groups in total. The molecule has 2 fully saturated rings. The molecule has 1 atom stereocenters. The Kier molecular flexibility index (Phi) is 6.60. The summed E-state index contributed by atoms with van der Waals surface area (Å²) >= 11 is 0. The van der Waals surface area contributed by atoms with E-state index in [0.717, 1.165) is 75.8 Å². The van der Waals surface area contributed by atoms with Crippen molar-refractivity contribution in [2.75, 3.05) is 31.1 Å². The number of aryl methyl sites for hydroxylation is 1. The van der Waals surface area contributed by atoms with Crippen LogP contribution >= 0.6 is 0 Å². The molecule has 2 amide bonds. The molecule has 3 heterocycles. The predicted molar refractivity (Wildman–Crippen MR) is 145 cm³/mol. The van der Waals surface area contributed by atoms with Gasteiger partial charge in [-0.15, -0.1) is 0 Å². The fourth-order valence-electron chi connectivity index (χ4n) is 6.43. The molecule has 0 saturated carbocycles. The van der Waals surface area contributed by atoms with Gasteiger partial charge in [-0.25, -0.2) is 4.39 Å². The van der Waals surface area contributed by atoms with E-state index in [4.69, 9.17) is 0 Å². The van der Waals surface area contributed by atoms with Gasteiger partial charge in [0.25, 0.3) is 11.8 Å². The molecule has 1 spiro atoms. The summed E-state index contributed by atoms with van der Waals surface area (Å²) in [6.45, 7) is 3.64. The molecular weight excluding hydrogens is 479 g/mol. The summed E-state index contributed by atoms with van der Waals surface area (Å²) in [7, 11) is 0. The Morgan fingerprint density at radius 3 is 2.37 bits per heavy atom. The van der Waals surface area contributed by atoms with Crippen LogP contribution in [0.15, 0.2) is 67.0 Å². The van der Waals surface area contributed by atoms with Crippen LogP contribution in [0.3, 0.4) is 0 Å². The van der Waals surface area contributed by atoms with Gasteiger partial charge in [-0.05, 0) is 91.5 Å². The van der Waals surface area contributed by atoms with Gasteiger partial charge >= 0.3 is 0 Å². The van der Waals surface area contributed by atoms with E-state index in [1.807, 2.05) is 35.5 Å². The second-order valence-electron chi connectivity index (χ2n) is 10.9. The third-order valence-electron chi connectivity index (χ3n) is 8.86. The van der Waals surface area contributed by atoms with Crippen molar-refractivity contribution in [3.05, 3.63) is 95.1 Å². The number of rotatable bonds is 4. The molecule has 3 aliphatic rings. The van der Waals surface area contributed by atoms with Crippen LogP contribution in [0.2, 0.25) is 0 Å². The first kappa shape index (κ1) is 24.6. The van der Waals surface area contributed by atoms with E-state index >= 15 is 0 Å². The minimum Gasteiger partial charge on any atom is -0.371 e. The maximum absolute atomic E-state index is 14.1. The van der Waals surface area contributed by atoms with Crippen molar-refractivity contribution in [1.82, 2.24) is 15.2 Å². The third kappa shape index (κ3) is 4.77. The van der Waals surface area contributed by atoms with E-state index in [0.29, 0.717) is 11.0 Å². The molecule has 7 heteroatoms. The number of carbonyl (C=O) groups excluding carboxylic acids is 2. The third-order valence-corrected chi connectivity index (χ3v) is 8.86. The number of pyridine rings is 1. The fourth-order valence-corrected chi connectivity index (χ4v) is 6.43.